The topological polar surface area (TPSA) is 15.3 Å². The van der Waals surface area contributed by atoms with E-state index in [2.05, 4.69) is 61.3 Å². The quantitative estimate of drug-likeness (QED) is 0.861. The fraction of sp³-hybridized carbons (Fsp3) is 0.600. The van der Waals surface area contributed by atoms with Gasteiger partial charge < -0.3 is 10.2 Å². The lowest BCUT2D eigenvalue weighted by Crippen LogP contribution is -2.62. The molecule has 0 bridgehead atoms. The number of piperazine rings is 1. The first-order chi connectivity index (χ1) is 8.18. The van der Waals surface area contributed by atoms with E-state index in [1.54, 1.807) is 0 Å². The molecular formula is C15H24N2. The molecule has 1 N–H and O–H groups in total. The van der Waals surface area contributed by atoms with Gasteiger partial charge in [-0.1, -0.05) is 32.0 Å². The normalized spacial score (nSPS) is 29.4. The van der Waals surface area contributed by atoms with Gasteiger partial charge in [0, 0.05) is 30.4 Å². The second-order valence-corrected chi connectivity index (χ2v) is 5.32. The maximum Gasteiger partial charge on any atom is 0.0412 e. The molecule has 17 heavy (non-hydrogen) atoms. The van der Waals surface area contributed by atoms with Gasteiger partial charge in [-0.25, -0.2) is 0 Å². The molecule has 94 valence electrons. The molecule has 1 aliphatic rings. The molecule has 0 radical (unpaired) electrons. The van der Waals surface area contributed by atoms with Gasteiger partial charge >= 0.3 is 0 Å². The highest BCUT2D eigenvalue weighted by molar-refractivity contribution is 5.48. The van der Waals surface area contributed by atoms with Crippen molar-refractivity contribution in [2.45, 2.75) is 45.2 Å². The number of nitrogens with one attached hydrogen (secondary N) is 1. The minimum Gasteiger partial charge on any atom is -0.365 e. The average Bonchev–Trinajstić information content (AvgIpc) is 2.40. The monoisotopic (exact) mass is 232 g/mol. The van der Waals surface area contributed by atoms with Crippen molar-refractivity contribution in [1.29, 1.82) is 0 Å². The predicted octanol–water partition coefficient (Wildman–Crippen LogP) is 3.04. The smallest absolute Gasteiger partial charge is 0.0412 e. The van der Waals surface area contributed by atoms with Crippen molar-refractivity contribution in [3.8, 4) is 0 Å². The lowest BCUT2D eigenvalue weighted by Gasteiger charge is -2.47. The molecule has 1 fully saturated rings. The van der Waals surface area contributed by atoms with Crippen LogP contribution in [-0.4, -0.2) is 24.7 Å². The Bertz CT molecular complexity index is 349. The average molecular weight is 232 g/mol. The van der Waals surface area contributed by atoms with Crippen molar-refractivity contribution < 1.29 is 0 Å². The van der Waals surface area contributed by atoms with Gasteiger partial charge in [0.15, 0.2) is 0 Å². The maximum absolute atomic E-state index is 3.70. The molecule has 2 unspecified atom stereocenters. The Morgan fingerprint density at radius 1 is 1.29 bits per heavy atom. The second kappa shape index (κ2) is 5.09. The Morgan fingerprint density at radius 3 is 2.59 bits per heavy atom. The van der Waals surface area contributed by atoms with Crippen LogP contribution >= 0.6 is 0 Å². The van der Waals surface area contributed by atoms with Crippen LogP contribution in [0.3, 0.4) is 0 Å². The van der Waals surface area contributed by atoms with Crippen molar-refractivity contribution in [2.24, 2.45) is 0 Å². The zero-order valence-electron chi connectivity index (χ0n) is 11.2. The first kappa shape index (κ1) is 12.4. The molecule has 2 atom stereocenters. The summed E-state index contributed by atoms with van der Waals surface area (Å²) in [6, 6.07) is 11.4. The summed E-state index contributed by atoms with van der Waals surface area (Å²) in [5.74, 6) is 0. The van der Waals surface area contributed by atoms with Crippen molar-refractivity contribution in [2.75, 3.05) is 18.0 Å². The van der Waals surface area contributed by atoms with E-state index in [9.17, 15) is 0 Å². The summed E-state index contributed by atoms with van der Waals surface area (Å²) < 4.78 is 0. The van der Waals surface area contributed by atoms with Crippen LogP contribution in [0, 0.1) is 0 Å². The summed E-state index contributed by atoms with van der Waals surface area (Å²) in [6.45, 7) is 9.07. The molecule has 1 aromatic carbocycles. The number of rotatable bonds is 3. The van der Waals surface area contributed by atoms with Crippen molar-refractivity contribution >= 4 is 5.69 Å². The molecule has 2 heteroatoms. The molecular weight excluding hydrogens is 208 g/mol. The van der Waals surface area contributed by atoms with Crippen LogP contribution in [0.2, 0.25) is 0 Å². The Hall–Kier alpha value is -1.02. The zero-order valence-corrected chi connectivity index (χ0v) is 11.2. The van der Waals surface area contributed by atoms with Crippen LogP contribution in [0.25, 0.3) is 0 Å². The lowest BCUT2D eigenvalue weighted by molar-refractivity contribution is 0.276. The molecule has 2 rings (SSSR count). The molecule has 1 aliphatic heterocycles. The predicted molar refractivity (Wildman–Crippen MR) is 74.6 cm³/mol. The van der Waals surface area contributed by atoms with Gasteiger partial charge in [-0.05, 0) is 31.9 Å². The summed E-state index contributed by atoms with van der Waals surface area (Å²) in [4.78, 5) is 2.57. The minimum atomic E-state index is 0.251. The summed E-state index contributed by atoms with van der Waals surface area (Å²) in [5.41, 5.74) is 1.61. The number of hydrogen-bond donors (Lipinski definition) is 1. The third-order valence-electron chi connectivity index (χ3n) is 4.06. The van der Waals surface area contributed by atoms with Gasteiger partial charge in [-0.3, -0.25) is 0 Å². The van der Waals surface area contributed by atoms with E-state index >= 15 is 0 Å². The van der Waals surface area contributed by atoms with E-state index in [4.69, 9.17) is 0 Å². The van der Waals surface area contributed by atoms with Crippen LogP contribution in [0.5, 0.6) is 0 Å². The first-order valence-corrected chi connectivity index (χ1v) is 6.75. The SMILES string of the molecule is CCC1CNC(C)(CC)CN1c1ccccc1. The van der Waals surface area contributed by atoms with Gasteiger partial charge in [0.2, 0.25) is 0 Å². The molecule has 0 amide bonds. The highest BCUT2D eigenvalue weighted by Crippen LogP contribution is 2.26. The fourth-order valence-electron chi connectivity index (χ4n) is 2.56. The molecule has 1 aromatic rings. The van der Waals surface area contributed by atoms with Crippen LogP contribution in [0.15, 0.2) is 30.3 Å². The third kappa shape index (κ3) is 2.63. The van der Waals surface area contributed by atoms with Crippen molar-refractivity contribution in [3.63, 3.8) is 0 Å². The second-order valence-electron chi connectivity index (χ2n) is 5.32. The lowest BCUT2D eigenvalue weighted by atomic mass is 9.92. The van der Waals surface area contributed by atoms with E-state index in [1.807, 2.05) is 0 Å². The highest BCUT2D eigenvalue weighted by Gasteiger charge is 2.33. The third-order valence-corrected chi connectivity index (χ3v) is 4.06. The van der Waals surface area contributed by atoms with E-state index in [-0.39, 0.29) is 5.54 Å². The Kier molecular flexibility index (Phi) is 3.72. The molecule has 0 spiro atoms. The molecule has 1 saturated heterocycles. The van der Waals surface area contributed by atoms with Crippen LogP contribution < -0.4 is 10.2 Å². The van der Waals surface area contributed by atoms with E-state index < -0.39 is 0 Å². The van der Waals surface area contributed by atoms with Gasteiger partial charge in [0.05, 0.1) is 0 Å². The standard InChI is InChI=1S/C15H24N2/c1-4-13-11-16-15(3,5-2)12-17(13)14-9-7-6-8-10-14/h6-10,13,16H,4-5,11-12H2,1-3H3. The van der Waals surface area contributed by atoms with Gasteiger partial charge in [0.25, 0.3) is 0 Å². The minimum absolute atomic E-state index is 0.251. The van der Waals surface area contributed by atoms with E-state index in [0.29, 0.717) is 6.04 Å². The zero-order chi connectivity index (χ0) is 12.3. The van der Waals surface area contributed by atoms with Crippen molar-refractivity contribution in [1.82, 2.24) is 5.32 Å². The Morgan fingerprint density at radius 2 is 2.00 bits per heavy atom. The number of nitrogens with zero attached hydrogens (tertiary/aromatic N) is 1. The number of para-hydroxylation sites is 1. The molecule has 0 aliphatic carbocycles. The Balaban J connectivity index is 2.22. The molecule has 1 heterocycles. The van der Waals surface area contributed by atoms with Gasteiger partial charge in [0.1, 0.15) is 0 Å². The summed E-state index contributed by atoms with van der Waals surface area (Å²) >= 11 is 0. The number of benzene rings is 1. The summed E-state index contributed by atoms with van der Waals surface area (Å²) in [6.07, 6.45) is 2.37. The summed E-state index contributed by atoms with van der Waals surface area (Å²) in [7, 11) is 0. The van der Waals surface area contributed by atoms with Crippen LogP contribution in [-0.2, 0) is 0 Å². The molecule has 0 aromatic heterocycles. The fourth-order valence-corrected chi connectivity index (χ4v) is 2.56. The number of anilines is 1. The van der Waals surface area contributed by atoms with Gasteiger partial charge in [-0.15, -0.1) is 0 Å². The highest BCUT2D eigenvalue weighted by atomic mass is 15.3. The summed E-state index contributed by atoms with van der Waals surface area (Å²) in [5, 5.41) is 3.70. The first-order valence-electron chi connectivity index (χ1n) is 6.75. The van der Waals surface area contributed by atoms with Crippen LogP contribution in [0.4, 0.5) is 5.69 Å². The van der Waals surface area contributed by atoms with E-state index in [1.165, 1.54) is 18.5 Å². The number of hydrogen-bond acceptors (Lipinski definition) is 2. The Labute approximate surface area is 105 Å². The molecule has 0 saturated carbocycles. The van der Waals surface area contributed by atoms with Crippen molar-refractivity contribution in [3.05, 3.63) is 30.3 Å². The maximum atomic E-state index is 3.70. The largest absolute Gasteiger partial charge is 0.365 e. The van der Waals surface area contributed by atoms with Crippen LogP contribution in [0.1, 0.15) is 33.6 Å². The van der Waals surface area contributed by atoms with Gasteiger partial charge in [-0.2, -0.15) is 0 Å². The molecule has 2 nitrogen and oxygen atoms in total. The van der Waals surface area contributed by atoms with E-state index in [0.717, 1.165) is 13.1 Å².